The lowest BCUT2D eigenvalue weighted by molar-refractivity contribution is 0.354. The SMILES string of the molecule is COc1cccc(/C=C/c2nc3ccccc3c(=O)n2-c2ccc(Oc3ccc(Cl)cc3)cc2)c1OC. The quantitative estimate of drug-likeness (QED) is 0.235. The van der Waals surface area contributed by atoms with Crippen LogP contribution in [0.2, 0.25) is 5.02 Å². The molecule has 0 fully saturated rings. The van der Waals surface area contributed by atoms with E-state index in [4.69, 9.17) is 30.8 Å². The van der Waals surface area contributed by atoms with Crippen LogP contribution < -0.4 is 19.8 Å². The summed E-state index contributed by atoms with van der Waals surface area (Å²) in [6.07, 6.45) is 3.65. The van der Waals surface area contributed by atoms with Crippen LogP contribution in [0.5, 0.6) is 23.0 Å². The normalized spacial score (nSPS) is 11.1. The fraction of sp³-hybridized carbons (Fsp3) is 0.0667. The smallest absolute Gasteiger partial charge is 0.266 e. The Morgan fingerprint density at radius 2 is 1.49 bits per heavy atom. The zero-order valence-electron chi connectivity index (χ0n) is 20.2. The summed E-state index contributed by atoms with van der Waals surface area (Å²) >= 11 is 5.96. The van der Waals surface area contributed by atoms with Crippen LogP contribution in [0.4, 0.5) is 0 Å². The van der Waals surface area contributed by atoms with Gasteiger partial charge >= 0.3 is 0 Å². The largest absolute Gasteiger partial charge is 0.493 e. The standard InChI is InChI=1S/C30H23ClN2O4/c1-35-27-9-5-6-20(29(27)36-2)10-19-28-32-26-8-4-3-7-25(26)30(34)33(28)22-13-17-24(18-14-22)37-23-15-11-21(31)12-16-23/h3-19H,1-2H3/b19-10+. The maximum atomic E-state index is 13.6. The van der Waals surface area contributed by atoms with Gasteiger partial charge in [-0.3, -0.25) is 9.36 Å². The third-order valence-electron chi connectivity index (χ3n) is 5.79. The van der Waals surface area contributed by atoms with Crippen molar-refractivity contribution in [2.45, 2.75) is 0 Å². The third-order valence-corrected chi connectivity index (χ3v) is 6.04. The molecule has 0 amide bonds. The van der Waals surface area contributed by atoms with Gasteiger partial charge in [-0.05, 0) is 78.9 Å². The van der Waals surface area contributed by atoms with Gasteiger partial charge in [0, 0.05) is 10.6 Å². The summed E-state index contributed by atoms with van der Waals surface area (Å²) in [5.74, 6) is 2.98. The first kappa shape index (κ1) is 24.2. The molecule has 1 heterocycles. The van der Waals surface area contributed by atoms with Crippen molar-refractivity contribution in [2.75, 3.05) is 14.2 Å². The fourth-order valence-electron chi connectivity index (χ4n) is 4.02. The highest BCUT2D eigenvalue weighted by atomic mass is 35.5. The van der Waals surface area contributed by atoms with Crippen molar-refractivity contribution >= 4 is 34.7 Å². The van der Waals surface area contributed by atoms with Crippen LogP contribution in [0.15, 0.2) is 95.8 Å². The minimum Gasteiger partial charge on any atom is -0.493 e. The van der Waals surface area contributed by atoms with E-state index in [0.29, 0.717) is 50.4 Å². The number of methoxy groups -OCH3 is 2. The van der Waals surface area contributed by atoms with Gasteiger partial charge in [0.15, 0.2) is 11.5 Å². The number of benzene rings is 4. The Kier molecular flexibility index (Phi) is 6.92. The average molecular weight is 511 g/mol. The lowest BCUT2D eigenvalue weighted by Gasteiger charge is -2.13. The maximum absolute atomic E-state index is 13.6. The predicted molar refractivity (Wildman–Crippen MR) is 147 cm³/mol. The Labute approximate surface area is 219 Å². The van der Waals surface area contributed by atoms with E-state index < -0.39 is 0 Å². The van der Waals surface area contributed by atoms with Crippen molar-refractivity contribution in [3.8, 4) is 28.7 Å². The summed E-state index contributed by atoms with van der Waals surface area (Å²) in [6, 6.07) is 27.3. The predicted octanol–water partition coefficient (Wildman–Crippen LogP) is 7.02. The Bertz CT molecular complexity index is 1640. The molecular formula is C30H23ClN2O4. The van der Waals surface area contributed by atoms with Gasteiger partial charge in [-0.15, -0.1) is 0 Å². The molecule has 0 N–H and O–H groups in total. The monoisotopic (exact) mass is 510 g/mol. The molecule has 0 aliphatic carbocycles. The summed E-state index contributed by atoms with van der Waals surface area (Å²) in [5.41, 5.74) is 1.89. The van der Waals surface area contributed by atoms with Crippen LogP contribution in [0.3, 0.4) is 0 Å². The van der Waals surface area contributed by atoms with Gasteiger partial charge in [0.2, 0.25) is 0 Å². The van der Waals surface area contributed by atoms with Crippen LogP contribution in [0.1, 0.15) is 11.4 Å². The molecule has 6 nitrogen and oxygen atoms in total. The van der Waals surface area contributed by atoms with Gasteiger partial charge in [-0.25, -0.2) is 4.98 Å². The number of halogens is 1. The van der Waals surface area contributed by atoms with Gasteiger partial charge in [0.25, 0.3) is 5.56 Å². The molecule has 5 rings (SSSR count). The molecule has 1 aromatic heterocycles. The average Bonchev–Trinajstić information content (AvgIpc) is 2.93. The molecule has 0 unspecified atom stereocenters. The van der Waals surface area contributed by atoms with Crippen molar-refractivity contribution in [2.24, 2.45) is 0 Å². The van der Waals surface area contributed by atoms with Crippen molar-refractivity contribution in [3.63, 3.8) is 0 Å². The Morgan fingerprint density at radius 1 is 0.784 bits per heavy atom. The summed E-state index contributed by atoms with van der Waals surface area (Å²) in [7, 11) is 3.18. The highest BCUT2D eigenvalue weighted by Crippen LogP contribution is 2.32. The van der Waals surface area contributed by atoms with Gasteiger partial charge in [-0.2, -0.15) is 0 Å². The number of nitrogens with zero attached hydrogens (tertiary/aromatic N) is 2. The summed E-state index contributed by atoms with van der Waals surface area (Å²) in [5, 5.41) is 1.16. The molecule has 0 atom stereocenters. The highest BCUT2D eigenvalue weighted by Gasteiger charge is 2.13. The number of ether oxygens (including phenoxy) is 3. The van der Waals surface area contributed by atoms with Gasteiger partial charge in [-0.1, -0.05) is 35.9 Å². The second-order valence-corrected chi connectivity index (χ2v) is 8.53. The number of fused-ring (bicyclic) bond motifs is 1. The first-order valence-electron chi connectivity index (χ1n) is 11.5. The first-order valence-corrected chi connectivity index (χ1v) is 11.9. The number of rotatable bonds is 7. The van der Waals surface area contributed by atoms with Crippen LogP contribution in [0.25, 0.3) is 28.7 Å². The van der Waals surface area contributed by atoms with E-state index in [1.165, 1.54) is 0 Å². The molecule has 37 heavy (non-hydrogen) atoms. The van der Waals surface area contributed by atoms with Gasteiger partial charge < -0.3 is 14.2 Å². The van der Waals surface area contributed by atoms with Crippen molar-refractivity contribution < 1.29 is 14.2 Å². The second kappa shape index (κ2) is 10.6. The summed E-state index contributed by atoms with van der Waals surface area (Å²) in [4.78, 5) is 18.4. The molecule has 7 heteroatoms. The molecule has 0 aliphatic heterocycles. The molecule has 5 aromatic rings. The van der Waals surface area contributed by atoms with Crippen molar-refractivity contribution in [1.82, 2.24) is 9.55 Å². The number of para-hydroxylation sites is 2. The molecule has 0 saturated carbocycles. The van der Waals surface area contributed by atoms with Crippen LogP contribution in [0, 0.1) is 0 Å². The molecule has 4 aromatic carbocycles. The van der Waals surface area contributed by atoms with Gasteiger partial charge in [0.05, 0.1) is 30.8 Å². The van der Waals surface area contributed by atoms with Crippen LogP contribution >= 0.6 is 11.6 Å². The maximum Gasteiger partial charge on any atom is 0.266 e. The first-order chi connectivity index (χ1) is 18.1. The van der Waals surface area contributed by atoms with E-state index in [2.05, 4.69) is 0 Å². The Balaban J connectivity index is 1.57. The molecular weight excluding hydrogens is 488 g/mol. The van der Waals surface area contributed by atoms with Crippen molar-refractivity contribution in [3.05, 3.63) is 118 Å². The van der Waals surface area contributed by atoms with Gasteiger partial charge in [0.1, 0.15) is 17.3 Å². The highest BCUT2D eigenvalue weighted by molar-refractivity contribution is 6.30. The van der Waals surface area contributed by atoms with E-state index in [0.717, 1.165) is 5.56 Å². The molecule has 0 aliphatic rings. The lowest BCUT2D eigenvalue weighted by atomic mass is 10.1. The number of hydrogen-bond donors (Lipinski definition) is 0. The second-order valence-electron chi connectivity index (χ2n) is 8.09. The van der Waals surface area contributed by atoms with E-state index in [9.17, 15) is 4.79 Å². The minimum absolute atomic E-state index is 0.172. The fourth-order valence-corrected chi connectivity index (χ4v) is 4.15. The Morgan fingerprint density at radius 3 is 2.19 bits per heavy atom. The molecule has 0 bridgehead atoms. The molecule has 0 spiro atoms. The van der Waals surface area contributed by atoms with Crippen molar-refractivity contribution in [1.29, 1.82) is 0 Å². The summed E-state index contributed by atoms with van der Waals surface area (Å²) in [6.45, 7) is 0. The molecule has 0 radical (unpaired) electrons. The summed E-state index contributed by atoms with van der Waals surface area (Å²) < 4.78 is 18.4. The van der Waals surface area contributed by atoms with E-state index in [-0.39, 0.29) is 5.56 Å². The topological polar surface area (TPSA) is 62.6 Å². The lowest BCUT2D eigenvalue weighted by Crippen LogP contribution is -2.22. The zero-order chi connectivity index (χ0) is 25.8. The van der Waals surface area contributed by atoms with E-state index in [1.807, 2.05) is 66.7 Å². The van der Waals surface area contributed by atoms with Crippen LogP contribution in [-0.4, -0.2) is 23.8 Å². The number of hydrogen-bond acceptors (Lipinski definition) is 5. The zero-order valence-corrected chi connectivity index (χ0v) is 21.0. The Hall–Kier alpha value is -4.55. The third kappa shape index (κ3) is 5.06. The number of aromatic nitrogens is 2. The minimum atomic E-state index is -0.172. The molecule has 184 valence electrons. The van der Waals surface area contributed by atoms with E-state index in [1.54, 1.807) is 55.2 Å². The van der Waals surface area contributed by atoms with E-state index >= 15 is 0 Å². The van der Waals surface area contributed by atoms with Crippen LogP contribution in [-0.2, 0) is 0 Å². The molecule has 0 saturated heterocycles.